The van der Waals surface area contributed by atoms with Gasteiger partial charge in [0.25, 0.3) is 0 Å². The van der Waals surface area contributed by atoms with Gasteiger partial charge in [-0.05, 0) is 19.3 Å². The summed E-state index contributed by atoms with van der Waals surface area (Å²) in [7, 11) is 1.68. The third-order valence-corrected chi connectivity index (χ3v) is 4.29. The Balaban J connectivity index is 0. The first-order valence-electron chi connectivity index (χ1n) is 10.5. The van der Waals surface area contributed by atoms with E-state index in [1.165, 1.54) is 32.1 Å². The third-order valence-electron chi connectivity index (χ3n) is 4.29. The topological polar surface area (TPSA) is 137 Å². The number of nitrogens with two attached hydrogens (primary N) is 2. The lowest BCUT2D eigenvalue weighted by Gasteiger charge is -2.10. The summed E-state index contributed by atoms with van der Waals surface area (Å²) in [6.07, 6.45) is 13.7. The summed E-state index contributed by atoms with van der Waals surface area (Å²) in [4.78, 5) is 8.12. The van der Waals surface area contributed by atoms with Crippen molar-refractivity contribution in [3.05, 3.63) is 0 Å². The predicted molar refractivity (Wildman–Crippen MR) is 124 cm³/mol. The molecular weight excluding hydrogens is 352 g/mol. The first kappa shape index (κ1) is 28.2. The highest BCUT2D eigenvalue weighted by molar-refractivity contribution is 5.84. The Hall–Kier alpha value is -1.99. The molecule has 8 N–H and O–H groups in total. The normalized spacial score (nSPS) is 11.6. The maximum absolute atomic E-state index is 7.88. The van der Waals surface area contributed by atoms with Gasteiger partial charge >= 0.3 is 0 Å². The second-order valence-electron chi connectivity index (χ2n) is 6.82. The molecule has 28 heavy (non-hydrogen) atoms. The third kappa shape index (κ3) is 20.3. The quantitative estimate of drug-likeness (QED) is 0.109. The molecule has 0 aromatic rings. The Morgan fingerprint density at radius 2 is 1.43 bits per heavy atom. The van der Waals surface area contributed by atoms with Crippen LogP contribution in [0.15, 0.2) is 9.98 Å². The van der Waals surface area contributed by atoms with Crippen molar-refractivity contribution in [2.45, 2.75) is 91.4 Å². The molecule has 8 heteroatoms. The van der Waals surface area contributed by atoms with Crippen LogP contribution in [0.25, 0.3) is 0 Å². The summed E-state index contributed by atoms with van der Waals surface area (Å²) in [6, 6.07) is 0. The van der Waals surface area contributed by atoms with Crippen molar-refractivity contribution in [1.29, 1.82) is 5.41 Å². The molecule has 0 saturated heterocycles. The number of hydrazine groups is 1. The van der Waals surface area contributed by atoms with Gasteiger partial charge in [0.15, 0.2) is 5.96 Å². The van der Waals surface area contributed by atoms with Crippen molar-refractivity contribution in [2.75, 3.05) is 20.1 Å². The molecule has 0 fully saturated rings. The van der Waals surface area contributed by atoms with Gasteiger partial charge in [0, 0.05) is 26.6 Å². The van der Waals surface area contributed by atoms with Crippen LogP contribution in [0.4, 0.5) is 0 Å². The molecular formula is C20H46N8. The molecule has 0 spiro atoms. The van der Waals surface area contributed by atoms with Gasteiger partial charge in [-0.3, -0.25) is 26.2 Å². The number of hydrogen-bond donors (Lipinski definition) is 6. The summed E-state index contributed by atoms with van der Waals surface area (Å²) < 4.78 is 0. The molecule has 0 rings (SSSR count). The van der Waals surface area contributed by atoms with Crippen LogP contribution in [-0.4, -0.2) is 37.9 Å². The highest BCUT2D eigenvalue weighted by Crippen LogP contribution is 2.05. The molecule has 0 saturated carbocycles. The Morgan fingerprint density at radius 1 is 0.821 bits per heavy atom. The van der Waals surface area contributed by atoms with E-state index < -0.39 is 0 Å². The standard InChI is InChI=1S/C19H42N8.CH4/c1-3-4-5-6-9-13-16-25-19(22)27-26-17(20)14-11-8-7-10-12-15-24-18(21)23-2;/h3-16H2,1-2H3,(H2,20,26)(H3,21,23,24)(H3,22,25,27);1H4. The number of unbranched alkanes of at least 4 members (excludes halogenated alkanes) is 9. The lowest BCUT2D eigenvalue weighted by atomic mass is 10.1. The fourth-order valence-electron chi connectivity index (χ4n) is 2.59. The van der Waals surface area contributed by atoms with Crippen molar-refractivity contribution in [1.82, 2.24) is 16.2 Å². The Morgan fingerprint density at radius 3 is 2.11 bits per heavy atom. The fourth-order valence-corrected chi connectivity index (χ4v) is 2.59. The van der Waals surface area contributed by atoms with E-state index >= 15 is 0 Å². The van der Waals surface area contributed by atoms with E-state index in [9.17, 15) is 0 Å². The minimum atomic E-state index is 0. The molecule has 0 amide bonds. The minimum absolute atomic E-state index is 0. The number of amidine groups is 1. The van der Waals surface area contributed by atoms with Crippen molar-refractivity contribution in [3.63, 3.8) is 0 Å². The number of nitrogens with zero attached hydrogens (tertiary/aromatic N) is 2. The lowest BCUT2D eigenvalue weighted by molar-refractivity contribution is 0.609. The van der Waals surface area contributed by atoms with Crippen molar-refractivity contribution < 1.29 is 0 Å². The Bertz CT molecular complexity index is 420. The molecule has 0 aromatic heterocycles. The molecule has 8 nitrogen and oxygen atoms in total. The summed E-state index contributed by atoms with van der Waals surface area (Å²) in [5, 5.41) is 10.9. The van der Waals surface area contributed by atoms with Gasteiger partial charge < -0.3 is 16.8 Å². The maximum Gasteiger partial charge on any atom is 0.207 e. The van der Waals surface area contributed by atoms with Crippen LogP contribution in [0, 0.1) is 5.41 Å². The van der Waals surface area contributed by atoms with Crippen LogP contribution >= 0.6 is 0 Å². The highest BCUT2D eigenvalue weighted by atomic mass is 15.4. The van der Waals surface area contributed by atoms with E-state index in [1.807, 2.05) is 0 Å². The Kier molecular flexibility index (Phi) is 21.5. The average Bonchev–Trinajstić information content (AvgIpc) is 2.67. The van der Waals surface area contributed by atoms with Crippen molar-refractivity contribution in [2.24, 2.45) is 21.5 Å². The van der Waals surface area contributed by atoms with Crippen molar-refractivity contribution in [3.8, 4) is 0 Å². The van der Waals surface area contributed by atoms with Gasteiger partial charge in [-0.15, -0.1) is 0 Å². The fraction of sp³-hybridized carbons (Fsp3) is 0.850. The monoisotopic (exact) mass is 398 g/mol. The second-order valence-corrected chi connectivity index (χ2v) is 6.82. The number of guanidine groups is 2. The number of nitrogens with one attached hydrogen (secondary N) is 4. The summed E-state index contributed by atoms with van der Waals surface area (Å²) in [5.41, 5.74) is 17.0. The van der Waals surface area contributed by atoms with Crippen molar-refractivity contribution >= 4 is 17.8 Å². The SMILES string of the molecule is C.CCCCCCCCN=C(N)NNC(=N)CCCCCCCNC(N)=NC. The molecule has 0 radical (unpaired) electrons. The summed E-state index contributed by atoms with van der Waals surface area (Å²) >= 11 is 0. The molecule has 0 aromatic carbocycles. The summed E-state index contributed by atoms with van der Waals surface area (Å²) in [5.74, 6) is 1.30. The molecule has 166 valence electrons. The molecule has 0 bridgehead atoms. The molecule has 0 aliphatic carbocycles. The lowest BCUT2D eigenvalue weighted by Crippen LogP contribution is -2.45. The number of aliphatic imine (C=N–C) groups is 2. The van der Waals surface area contributed by atoms with Gasteiger partial charge in [0.05, 0.1) is 0 Å². The van der Waals surface area contributed by atoms with Gasteiger partial charge in [-0.2, -0.15) is 0 Å². The number of rotatable bonds is 15. The smallest absolute Gasteiger partial charge is 0.207 e. The highest BCUT2D eigenvalue weighted by Gasteiger charge is 1.98. The molecule has 0 heterocycles. The van der Waals surface area contributed by atoms with Crippen LogP contribution in [0.2, 0.25) is 0 Å². The van der Waals surface area contributed by atoms with E-state index in [0.717, 1.165) is 51.6 Å². The molecule has 0 atom stereocenters. The van der Waals surface area contributed by atoms with Gasteiger partial charge in [0.1, 0.15) is 5.84 Å². The van der Waals surface area contributed by atoms with Gasteiger partial charge in [-0.25, -0.2) is 0 Å². The zero-order valence-corrected chi connectivity index (χ0v) is 17.4. The average molecular weight is 399 g/mol. The zero-order chi connectivity index (χ0) is 20.2. The van der Waals surface area contributed by atoms with Gasteiger partial charge in [-0.1, -0.05) is 65.7 Å². The molecule has 0 aliphatic rings. The van der Waals surface area contributed by atoms with E-state index in [2.05, 4.69) is 33.1 Å². The van der Waals surface area contributed by atoms with Crippen LogP contribution in [0.5, 0.6) is 0 Å². The van der Waals surface area contributed by atoms with Crippen LogP contribution in [-0.2, 0) is 0 Å². The maximum atomic E-state index is 7.88. The van der Waals surface area contributed by atoms with Gasteiger partial charge in [0.2, 0.25) is 5.96 Å². The van der Waals surface area contributed by atoms with E-state index in [0.29, 0.717) is 24.2 Å². The van der Waals surface area contributed by atoms with Crippen LogP contribution < -0.4 is 27.6 Å². The second kappa shape index (κ2) is 21.3. The Labute approximate surface area is 172 Å². The first-order chi connectivity index (χ1) is 13.1. The largest absolute Gasteiger partial charge is 0.370 e. The van der Waals surface area contributed by atoms with Crippen LogP contribution in [0.3, 0.4) is 0 Å². The number of hydrogen-bond acceptors (Lipinski definition) is 3. The minimum Gasteiger partial charge on any atom is -0.370 e. The summed E-state index contributed by atoms with van der Waals surface area (Å²) in [6.45, 7) is 3.83. The van der Waals surface area contributed by atoms with E-state index in [-0.39, 0.29) is 7.43 Å². The first-order valence-corrected chi connectivity index (χ1v) is 10.5. The predicted octanol–water partition coefficient (Wildman–Crippen LogP) is 3.24. The van der Waals surface area contributed by atoms with E-state index in [1.54, 1.807) is 7.05 Å². The molecule has 0 unspecified atom stereocenters. The zero-order valence-electron chi connectivity index (χ0n) is 17.4. The van der Waals surface area contributed by atoms with E-state index in [4.69, 9.17) is 16.9 Å². The van der Waals surface area contributed by atoms with Crippen LogP contribution in [0.1, 0.15) is 91.4 Å². The molecule has 0 aliphatic heterocycles.